The third-order valence-corrected chi connectivity index (χ3v) is 3.76. The second-order valence-electron chi connectivity index (χ2n) is 5.25. The van der Waals surface area contributed by atoms with Gasteiger partial charge >= 0.3 is 0 Å². The van der Waals surface area contributed by atoms with Gasteiger partial charge in [0.25, 0.3) is 0 Å². The molecule has 0 radical (unpaired) electrons. The van der Waals surface area contributed by atoms with Crippen molar-refractivity contribution in [3.8, 4) is 0 Å². The molecule has 0 amide bonds. The van der Waals surface area contributed by atoms with E-state index in [9.17, 15) is 0 Å². The molecule has 0 bridgehead atoms. The van der Waals surface area contributed by atoms with E-state index in [0.29, 0.717) is 0 Å². The van der Waals surface area contributed by atoms with Crippen LogP contribution in [0.5, 0.6) is 0 Å². The molecular formula is C16H19N5. The van der Waals surface area contributed by atoms with E-state index in [0.717, 1.165) is 23.1 Å². The molecule has 21 heavy (non-hydrogen) atoms. The van der Waals surface area contributed by atoms with E-state index in [4.69, 9.17) is 0 Å². The zero-order valence-electron chi connectivity index (χ0n) is 12.5. The molecule has 0 aliphatic heterocycles. The first kappa shape index (κ1) is 13.7. The van der Waals surface area contributed by atoms with Gasteiger partial charge in [0, 0.05) is 37.6 Å². The SMILES string of the molecule is CNC(Cc1cc(C)nn1C)c1ccc2nccnc2c1. The van der Waals surface area contributed by atoms with Crippen molar-refractivity contribution in [3.05, 3.63) is 53.6 Å². The largest absolute Gasteiger partial charge is 0.313 e. The highest BCUT2D eigenvalue weighted by atomic mass is 15.3. The van der Waals surface area contributed by atoms with Crippen LogP contribution in [0, 0.1) is 6.92 Å². The van der Waals surface area contributed by atoms with Crippen LogP contribution in [0.15, 0.2) is 36.7 Å². The summed E-state index contributed by atoms with van der Waals surface area (Å²) >= 11 is 0. The van der Waals surface area contributed by atoms with E-state index in [1.54, 1.807) is 12.4 Å². The summed E-state index contributed by atoms with van der Waals surface area (Å²) in [5.41, 5.74) is 5.33. The molecule has 0 saturated carbocycles. The van der Waals surface area contributed by atoms with E-state index in [1.165, 1.54) is 11.3 Å². The summed E-state index contributed by atoms with van der Waals surface area (Å²) in [6, 6.07) is 8.60. The van der Waals surface area contributed by atoms with Crippen molar-refractivity contribution in [3.63, 3.8) is 0 Å². The van der Waals surface area contributed by atoms with Crippen LogP contribution in [-0.2, 0) is 13.5 Å². The minimum atomic E-state index is 0.228. The lowest BCUT2D eigenvalue weighted by Gasteiger charge is -2.17. The summed E-state index contributed by atoms with van der Waals surface area (Å²) in [7, 11) is 3.97. The minimum absolute atomic E-state index is 0.228. The average molecular weight is 281 g/mol. The van der Waals surface area contributed by atoms with Crippen LogP contribution in [0.25, 0.3) is 11.0 Å². The third kappa shape index (κ3) is 2.78. The van der Waals surface area contributed by atoms with Gasteiger partial charge in [0.2, 0.25) is 0 Å². The standard InChI is InChI=1S/C16H19N5/c1-11-8-13(21(3)20-11)10-15(17-2)12-4-5-14-16(9-12)19-7-6-18-14/h4-9,15,17H,10H2,1-3H3. The first-order chi connectivity index (χ1) is 10.2. The maximum absolute atomic E-state index is 4.41. The van der Waals surface area contributed by atoms with Gasteiger partial charge in [0.1, 0.15) is 0 Å². The Labute approximate surface area is 124 Å². The molecule has 0 saturated heterocycles. The molecule has 108 valence electrons. The molecule has 1 aromatic carbocycles. The van der Waals surface area contributed by atoms with Crippen LogP contribution >= 0.6 is 0 Å². The van der Waals surface area contributed by atoms with Crippen LogP contribution in [0.4, 0.5) is 0 Å². The minimum Gasteiger partial charge on any atom is -0.313 e. The molecule has 2 aromatic heterocycles. The monoisotopic (exact) mass is 281 g/mol. The number of aromatic nitrogens is 4. The quantitative estimate of drug-likeness (QED) is 0.796. The summed E-state index contributed by atoms with van der Waals surface area (Å²) in [5, 5.41) is 7.79. The van der Waals surface area contributed by atoms with Crippen LogP contribution in [-0.4, -0.2) is 26.8 Å². The van der Waals surface area contributed by atoms with E-state index >= 15 is 0 Å². The van der Waals surface area contributed by atoms with Gasteiger partial charge in [-0.1, -0.05) is 6.07 Å². The Morgan fingerprint density at radius 1 is 1.14 bits per heavy atom. The zero-order chi connectivity index (χ0) is 14.8. The normalized spacial score (nSPS) is 12.7. The highest BCUT2D eigenvalue weighted by Gasteiger charge is 2.14. The number of nitrogens with one attached hydrogen (secondary N) is 1. The maximum atomic E-state index is 4.41. The average Bonchev–Trinajstić information content (AvgIpc) is 2.82. The summed E-state index contributed by atoms with van der Waals surface area (Å²) < 4.78 is 1.94. The highest BCUT2D eigenvalue weighted by molar-refractivity contribution is 5.74. The number of rotatable bonds is 4. The van der Waals surface area contributed by atoms with Gasteiger partial charge in [-0.2, -0.15) is 5.10 Å². The van der Waals surface area contributed by atoms with Crippen LogP contribution < -0.4 is 5.32 Å². The lowest BCUT2D eigenvalue weighted by Crippen LogP contribution is -2.20. The number of hydrogen-bond donors (Lipinski definition) is 1. The predicted octanol–water partition coefficient (Wildman–Crippen LogP) is 2.17. The van der Waals surface area contributed by atoms with Gasteiger partial charge in [-0.15, -0.1) is 0 Å². The number of benzene rings is 1. The van der Waals surface area contributed by atoms with Crippen LogP contribution in [0.2, 0.25) is 0 Å². The van der Waals surface area contributed by atoms with E-state index < -0.39 is 0 Å². The molecule has 5 nitrogen and oxygen atoms in total. The van der Waals surface area contributed by atoms with Crippen molar-refractivity contribution in [1.82, 2.24) is 25.1 Å². The summed E-state index contributed by atoms with van der Waals surface area (Å²) in [6.07, 6.45) is 4.33. The summed E-state index contributed by atoms with van der Waals surface area (Å²) in [5.74, 6) is 0. The Hall–Kier alpha value is -2.27. The summed E-state index contributed by atoms with van der Waals surface area (Å²) in [4.78, 5) is 8.69. The molecule has 0 aliphatic carbocycles. The molecule has 5 heteroatoms. The fraction of sp³-hybridized carbons (Fsp3) is 0.312. The van der Waals surface area contributed by atoms with Gasteiger partial charge in [-0.3, -0.25) is 14.6 Å². The number of nitrogens with zero attached hydrogens (tertiary/aromatic N) is 4. The molecule has 0 fully saturated rings. The molecule has 0 aliphatic rings. The maximum Gasteiger partial charge on any atom is 0.0890 e. The van der Waals surface area contributed by atoms with Gasteiger partial charge in [0.15, 0.2) is 0 Å². The molecule has 1 unspecified atom stereocenters. The Balaban J connectivity index is 1.92. The fourth-order valence-corrected chi connectivity index (χ4v) is 2.65. The van der Waals surface area contributed by atoms with Crippen molar-refractivity contribution >= 4 is 11.0 Å². The van der Waals surface area contributed by atoms with Crippen molar-refractivity contribution in [2.24, 2.45) is 7.05 Å². The lowest BCUT2D eigenvalue weighted by atomic mass is 10.0. The molecule has 3 rings (SSSR count). The van der Waals surface area contributed by atoms with Crippen molar-refractivity contribution in [2.45, 2.75) is 19.4 Å². The number of hydrogen-bond acceptors (Lipinski definition) is 4. The van der Waals surface area contributed by atoms with Crippen molar-refractivity contribution in [2.75, 3.05) is 7.05 Å². The van der Waals surface area contributed by atoms with E-state index in [-0.39, 0.29) is 6.04 Å². The Bertz CT molecular complexity index is 762. The van der Waals surface area contributed by atoms with Crippen LogP contribution in [0.1, 0.15) is 23.0 Å². The van der Waals surface area contributed by atoms with Gasteiger partial charge < -0.3 is 5.32 Å². The first-order valence-corrected chi connectivity index (χ1v) is 7.05. The first-order valence-electron chi connectivity index (χ1n) is 7.05. The van der Waals surface area contributed by atoms with Crippen molar-refractivity contribution in [1.29, 1.82) is 0 Å². The molecule has 0 spiro atoms. The number of likely N-dealkylation sites (N-methyl/N-ethyl adjacent to an activating group) is 1. The molecule has 3 aromatic rings. The smallest absolute Gasteiger partial charge is 0.0890 e. The Morgan fingerprint density at radius 2 is 1.90 bits per heavy atom. The molecule has 1 atom stereocenters. The predicted molar refractivity (Wildman–Crippen MR) is 83.0 cm³/mol. The van der Waals surface area contributed by atoms with Gasteiger partial charge in [-0.25, -0.2) is 0 Å². The number of fused-ring (bicyclic) bond motifs is 1. The Kier molecular flexibility index (Phi) is 3.66. The fourth-order valence-electron chi connectivity index (χ4n) is 2.65. The second-order valence-corrected chi connectivity index (χ2v) is 5.25. The molecule has 2 heterocycles. The van der Waals surface area contributed by atoms with E-state index in [1.807, 2.05) is 31.8 Å². The van der Waals surface area contributed by atoms with Gasteiger partial charge in [0.05, 0.1) is 16.7 Å². The number of aryl methyl sites for hydroxylation is 2. The molecular weight excluding hydrogens is 262 g/mol. The summed E-state index contributed by atoms with van der Waals surface area (Å²) in [6.45, 7) is 2.02. The zero-order valence-corrected chi connectivity index (χ0v) is 12.5. The van der Waals surface area contributed by atoms with Crippen molar-refractivity contribution < 1.29 is 0 Å². The topological polar surface area (TPSA) is 55.6 Å². The highest BCUT2D eigenvalue weighted by Crippen LogP contribution is 2.21. The van der Waals surface area contributed by atoms with Gasteiger partial charge in [-0.05, 0) is 37.7 Å². The lowest BCUT2D eigenvalue weighted by molar-refractivity contribution is 0.562. The molecule has 1 N–H and O–H groups in total. The third-order valence-electron chi connectivity index (χ3n) is 3.76. The second kappa shape index (κ2) is 5.61. The van der Waals surface area contributed by atoms with E-state index in [2.05, 4.69) is 38.6 Å². The Morgan fingerprint density at radius 3 is 2.57 bits per heavy atom. The van der Waals surface area contributed by atoms with Crippen LogP contribution in [0.3, 0.4) is 0 Å².